The molecule has 1 aromatic rings. The molecule has 1 saturated heterocycles. The highest BCUT2D eigenvalue weighted by Gasteiger charge is 2.26. The average Bonchev–Trinajstić information content (AvgIpc) is 2.94. The van der Waals surface area contributed by atoms with Gasteiger partial charge < -0.3 is 14.7 Å². The molecule has 116 valence electrons. The number of hydrogen-bond donors (Lipinski definition) is 1. The van der Waals surface area contributed by atoms with E-state index in [1.165, 1.54) is 0 Å². The van der Waals surface area contributed by atoms with Crippen molar-refractivity contribution in [2.45, 2.75) is 26.7 Å². The van der Waals surface area contributed by atoms with Gasteiger partial charge in [-0.3, -0.25) is 4.79 Å². The van der Waals surface area contributed by atoms with Gasteiger partial charge in [-0.2, -0.15) is 0 Å². The number of aliphatic hydroxyl groups excluding tert-OH is 1. The molecule has 4 heteroatoms. The fourth-order valence-electron chi connectivity index (χ4n) is 2.57. The Kier molecular flexibility index (Phi) is 5.62. The fourth-order valence-corrected chi connectivity index (χ4v) is 2.57. The van der Waals surface area contributed by atoms with Gasteiger partial charge in [0.1, 0.15) is 5.75 Å². The van der Waals surface area contributed by atoms with E-state index in [1.54, 1.807) is 0 Å². The van der Waals surface area contributed by atoms with Gasteiger partial charge in [-0.15, -0.1) is 0 Å². The Morgan fingerprint density at radius 3 is 2.71 bits per heavy atom. The van der Waals surface area contributed by atoms with Crippen molar-refractivity contribution in [1.29, 1.82) is 0 Å². The first-order valence-corrected chi connectivity index (χ1v) is 7.73. The zero-order valence-electron chi connectivity index (χ0n) is 12.9. The van der Waals surface area contributed by atoms with Crippen LogP contribution in [0.15, 0.2) is 24.3 Å². The highest BCUT2D eigenvalue weighted by molar-refractivity contribution is 5.94. The SMILES string of the molecule is CC(C)COc1ccc(C(=O)N2CCC(CCO)C2)cc1. The van der Waals surface area contributed by atoms with Crippen LogP contribution in [-0.4, -0.2) is 42.2 Å². The Hall–Kier alpha value is -1.55. The zero-order valence-corrected chi connectivity index (χ0v) is 12.9. The quantitative estimate of drug-likeness (QED) is 0.876. The molecule has 1 atom stereocenters. The van der Waals surface area contributed by atoms with Crippen LogP contribution in [-0.2, 0) is 0 Å². The molecule has 1 aliphatic heterocycles. The van der Waals surface area contributed by atoms with Crippen molar-refractivity contribution in [2.24, 2.45) is 11.8 Å². The van der Waals surface area contributed by atoms with E-state index in [0.29, 0.717) is 24.0 Å². The van der Waals surface area contributed by atoms with E-state index < -0.39 is 0 Å². The lowest BCUT2D eigenvalue weighted by molar-refractivity contribution is 0.0784. The second kappa shape index (κ2) is 7.46. The first kappa shape index (κ1) is 15.8. The van der Waals surface area contributed by atoms with Crippen LogP contribution in [0.1, 0.15) is 37.0 Å². The van der Waals surface area contributed by atoms with Crippen LogP contribution in [0.25, 0.3) is 0 Å². The zero-order chi connectivity index (χ0) is 15.2. The number of likely N-dealkylation sites (tertiary alicyclic amines) is 1. The van der Waals surface area contributed by atoms with Crippen LogP contribution in [0.3, 0.4) is 0 Å². The summed E-state index contributed by atoms with van der Waals surface area (Å²) in [6.45, 7) is 6.64. The van der Waals surface area contributed by atoms with Gasteiger partial charge in [0.25, 0.3) is 5.91 Å². The smallest absolute Gasteiger partial charge is 0.253 e. The van der Waals surface area contributed by atoms with Gasteiger partial charge in [0, 0.05) is 25.3 Å². The van der Waals surface area contributed by atoms with E-state index in [1.807, 2.05) is 29.2 Å². The number of ether oxygens (including phenoxy) is 1. The summed E-state index contributed by atoms with van der Waals surface area (Å²) >= 11 is 0. The van der Waals surface area contributed by atoms with Crippen molar-refractivity contribution in [3.8, 4) is 5.75 Å². The minimum atomic E-state index is 0.0749. The molecule has 1 amide bonds. The summed E-state index contributed by atoms with van der Waals surface area (Å²) < 4.78 is 5.62. The molecule has 1 aromatic carbocycles. The Morgan fingerprint density at radius 2 is 2.10 bits per heavy atom. The van der Waals surface area contributed by atoms with Gasteiger partial charge in [0.15, 0.2) is 0 Å². The van der Waals surface area contributed by atoms with Crippen LogP contribution < -0.4 is 4.74 Å². The van der Waals surface area contributed by atoms with Crippen molar-refractivity contribution in [3.63, 3.8) is 0 Å². The number of carbonyl (C=O) groups excluding carboxylic acids is 1. The maximum atomic E-state index is 12.4. The number of benzene rings is 1. The molecule has 4 nitrogen and oxygen atoms in total. The van der Waals surface area contributed by atoms with Gasteiger partial charge in [-0.05, 0) is 48.9 Å². The van der Waals surface area contributed by atoms with Gasteiger partial charge in [0.2, 0.25) is 0 Å². The van der Waals surface area contributed by atoms with Crippen molar-refractivity contribution in [3.05, 3.63) is 29.8 Å². The van der Waals surface area contributed by atoms with Gasteiger partial charge in [-0.25, -0.2) is 0 Å². The Bertz CT molecular complexity index is 456. The lowest BCUT2D eigenvalue weighted by Gasteiger charge is -2.17. The van der Waals surface area contributed by atoms with Crippen LogP contribution in [0, 0.1) is 11.8 Å². The molecule has 1 unspecified atom stereocenters. The molecule has 0 saturated carbocycles. The summed E-state index contributed by atoms with van der Waals surface area (Å²) in [5, 5.41) is 8.97. The molecular formula is C17H25NO3. The highest BCUT2D eigenvalue weighted by Crippen LogP contribution is 2.22. The van der Waals surface area contributed by atoms with E-state index in [-0.39, 0.29) is 12.5 Å². The molecule has 2 rings (SSSR count). The Balaban J connectivity index is 1.91. The minimum absolute atomic E-state index is 0.0749. The summed E-state index contributed by atoms with van der Waals surface area (Å²) in [5.41, 5.74) is 0.705. The fraction of sp³-hybridized carbons (Fsp3) is 0.588. The number of carbonyl (C=O) groups is 1. The lowest BCUT2D eigenvalue weighted by atomic mass is 10.1. The molecule has 0 spiro atoms. The molecule has 21 heavy (non-hydrogen) atoms. The van der Waals surface area contributed by atoms with E-state index in [4.69, 9.17) is 9.84 Å². The summed E-state index contributed by atoms with van der Waals surface area (Å²) in [4.78, 5) is 14.3. The molecule has 1 aliphatic rings. The van der Waals surface area contributed by atoms with Gasteiger partial charge >= 0.3 is 0 Å². The minimum Gasteiger partial charge on any atom is -0.493 e. The van der Waals surface area contributed by atoms with E-state index in [2.05, 4.69) is 13.8 Å². The third-order valence-electron chi connectivity index (χ3n) is 3.80. The van der Waals surface area contributed by atoms with Crippen molar-refractivity contribution in [2.75, 3.05) is 26.3 Å². The van der Waals surface area contributed by atoms with Crippen LogP contribution >= 0.6 is 0 Å². The number of aliphatic hydroxyl groups is 1. The summed E-state index contributed by atoms with van der Waals surface area (Å²) in [7, 11) is 0. The van der Waals surface area contributed by atoms with Gasteiger partial charge in [0.05, 0.1) is 6.61 Å². The molecule has 1 heterocycles. The molecule has 0 bridgehead atoms. The Labute approximate surface area is 126 Å². The van der Waals surface area contributed by atoms with E-state index in [0.717, 1.165) is 31.7 Å². The second-order valence-electron chi connectivity index (χ2n) is 6.15. The Morgan fingerprint density at radius 1 is 1.38 bits per heavy atom. The summed E-state index contributed by atoms with van der Waals surface area (Å²) in [6.07, 6.45) is 1.77. The van der Waals surface area contributed by atoms with Crippen molar-refractivity contribution in [1.82, 2.24) is 4.90 Å². The number of nitrogens with zero attached hydrogens (tertiary/aromatic N) is 1. The molecular weight excluding hydrogens is 266 g/mol. The standard InChI is InChI=1S/C17H25NO3/c1-13(2)12-21-16-5-3-15(4-6-16)17(20)18-9-7-14(11-18)8-10-19/h3-6,13-14,19H,7-12H2,1-2H3. The van der Waals surface area contributed by atoms with Crippen molar-refractivity contribution < 1.29 is 14.6 Å². The van der Waals surface area contributed by atoms with Gasteiger partial charge in [-0.1, -0.05) is 13.8 Å². The first-order valence-electron chi connectivity index (χ1n) is 7.73. The maximum absolute atomic E-state index is 12.4. The summed E-state index contributed by atoms with van der Waals surface area (Å²) in [5.74, 6) is 1.80. The number of amides is 1. The van der Waals surface area contributed by atoms with Crippen molar-refractivity contribution >= 4 is 5.91 Å². The predicted octanol–water partition coefficient (Wildman–Crippen LogP) is 2.57. The third-order valence-corrected chi connectivity index (χ3v) is 3.80. The summed E-state index contributed by atoms with van der Waals surface area (Å²) in [6, 6.07) is 7.38. The second-order valence-corrected chi connectivity index (χ2v) is 6.15. The van der Waals surface area contributed by atoms with E-state index in [9.17, 15) is 4.79 Å². The monoisotopic (exact) mass is 291 g/mol. The average molecular weight is 291 g/mol. The molecule has 1 N–H and O–H groups in total. The van der Waals surface area contributed by atoms with E-state index >= 15 is 0 Å². The molecule has 0 radical (unpaired) electrons. The van der Waals surface area contributed by atoms with Crippen LogP contribution in [0.2, 0.25) is 0 Å². The number of rotatable bonds is 6. The molecule has 1 fully saturated rings. The molecule has 0 aromatic heterocycles. The highest BCUT2D eigenvalue weighted by atomic mass is 16.5. The third kappa shape index (κ3) is 4.46. The van der Waals surface area contributed by atoms with Crippen LogP contribution in [0.4, 0.5) is 0 Å². The van der Waals surface area contributed by atoms with Crippen LogP contribution in [0.5, 0.6) is 5.75 Å². The maximum Gasteiger partial charge on any atom is 0.253 e. The lowest BCUT2D eigenvalue weighted by Crippen LogP contribution is -2.28. The topological polar surface area (TPSA) is 49.8 Å². The largest absolute Gasteiger partial charge is 0.493 e. The first-order chi connectivity index (χ1) is 10.1. The molecule has 0 aliphatic carbocycles. The number of hydrogen-bond acceptors (Lipinski definition) is 3. The normalized spacial score (nSPS) is 18.3. The predicted molar refractivity (Wildman–Crippen MR) is 82.5 cm³/mol.